The van der Waals surface area contributed by atoms with Crippen LogP contribution in [0.5, 0.6) is 0 Å². The van der Waals surface area contributed by atoms with E-state index in [-0.39, 0.29) is 0 Å². The summed E-state index contributed by atoms with van der Waals surface area (Å²) in [6.07, 6.45) is 0. The zero-order valence-corrected chi connectivity index (χ0v) is 17.9. The van der Waals surface area contributed by atoms with Crippen LogP contribution in [-0.4, -0.2) is 29.2 Å². The summed E-state index contributed by atoms with van der Waals surface area (Å²) < 4.78 is 4.48. The zero-order chi connectivity index (χ0) is 18.8. The van der Waals surface area contributed by atoms with Gasteiger partial charge in [0, 0.05) is 0 Å². The quantitative estimate of drug-likeness (QED) is 0.298. The molecule has 2 N–H and O–H groups in total. The van der Waals surface area contributed by atoms with Gasteiger partial charge in [0.05, 0.1) is 0 Å². The third-order valence-corrected chi connectivity index (χ3v) is 10.9. The van der Waals surface area contributed by atoms with Crippen LogP contribution >= 0.6 is 5.96 Å². The predicted molar refractivity (Wildman–Crippen MR) is 121 cm³/mol. The maximum atomic E-state index is 6.89. The fourth-order valence-electron chi connectivity index (χ4n) is 4.09. The van der Waals surface area contributed by atoms with Gasteiger partial charge in [-0.1, -0.05) is 0 Å². The summed E-state index contributed by atoms with van der Waals surface area (Å²) in [5, 5.41) is 5.01. The zero-order valence-electron chi connectivity index (χ0n) is 15.3. The first kappa shape index (κ1) is 17.0. The van der Waals surface area contributed by atoms with Crippen LogP contribution in [0.15, 0.2) is 72.8 Å². The second kappa shape index (κ2) is 5.95. The average molecular weight is 436 g/mol. The molecule has 134 valence electrons. The Labute approximate surface area is 166 Å². The molecule has 0 bridgehead atoms. The van der Waals surface area contributed by atoms with Crippen LogP contribution in [0.1, 0.15) is 0 Å². The van der Waals surface area contributed by atoms with Gasteiger partial charge in [-0.3, -0.25) is 0 Å². The summed E-state index contributed by atoms with van der Waals surface area (Å²) in [5.41, 5.74) is 11.8. The molecule has 27 heavy (non-hydrogen) atoms. The molecule has 1 aliphatic heterocycles. The van der Waals surface area contributed by atoms with Crippen molar-refractivity contribution in [3.8, 4) is 11.1 Å². The van der Waals surface area contributed by atoms with Gasteiger partial charge in [-0.2, -0.15) is 0 Å². The van der Waals surface area contributed by atoms with Crippen LogP contribution < -0.4 is 14.8 Å². The molecule has 5 rings (SSSR count). The van der Waals surface area contributed by atoms with Crippen molar-refractivity contribution >= 4 is 54.0 Å². The Kier molecular flexibility index (Phi) is 3.76. The molecule has 0 amide bonds. The molecule has 1 aliphatic rings. The topological polar surface area (TPSA) is 32.5 Å². The van der Waals surface area contributed by atoms with E-state index in [1.165, 1.54) is 44.0 Å². The Hall–Kier alpha value is -2.09. The molecule has 0 fully saturated rings. The third-order valence-electron chi connectivity index (χ3n) is 5.62. The molecule has 0 atom stereocenters. The van der Waals surface area contributed by atoms with Gasteiger partial charge >= 0.3 is 167 Å². The van der Waals surface area contributed by atoms with E-state index in [1.54, 1.807) is 0 Å². The molecule has 0 saturated heterocycles. The van der Waals surface area contributed by atoms with Crippen LogP contribution in [0, 0.1) is 0 Å². The fraction of sp³-hybridized carbons (Fsp3) is 0.0909. The van der Waals surface area contributed by atoms with Crippen molar-refractivity contribution in [2.24, 2.45) is 5.50 Å². The van der Waals surface area contributed by atoms with Crippen LogP contribution in [0.4, 0.5) is 11.4 Å². The van der Waals surface area contributed by atoms with Gasteiger partial charge in [-0.25, -0.2) is 0 Å². The van der Waals surface area contributed by atoms with E-state index in [0.717, 1.165) is 0 Å². The summed E-state index contributed by atoms with van der Waals surface area (Å²) in [6, 6.07) is 26.0. The second-order valence-corrected chi connectivity index (χ2v) is 12.8. The molecule has 1 heterocycles. The standard InChI is InChI=1S/C22H20N3PSe/c1-24-19-13-11-15-7-3-5-9-17(15)21(19)22-18-10-6-4-8-16(18)12-14-20(22)25(2)26(24,23)27/h3-14H,1-2H3,(H2,23,27). The molecule has 3 nitrogen and oxygen atoms in total. The predicted octanol–water partition coefficient (Wildman–Crippen LogP) is 5.35. The number of nitrogens with zero attached hydrogens (tertiary/aromatic N) is 2. The molecule has 4 aromatic carbocycles. The number of anilines is 2. The van der Waals surface area contributed by atoms with Gasteiger partial charge in [-0.15, -0.1) is 0 Å². The van der Waals surface area contributed by atoms with Gasteiger partial charge in [0.15, 0.2) is 0 Å². The van der Waals surface area contributed by atoms with Gasteiger partial charge in [0.25, 0.3) is 0 Å². The van der Waals surface area contributed by atoms with Crippen molar-refractivity contribution in [1.29, 1.82) is 0 Å². The van der Waals surface area contributed by atoms with E-state index in [0.29, 0.717) is 0 Å². The monoisotopic (exact) mass is 437 g/mol. The summed E-state index contributed by atoms with van der Waals surface area (Å²) in [6.45, 7) is 0. The van der Waals surface area contributed by atoms with Crippen molar-refractivity contribution in [2.75, 3.05) is 23.4 Å². The summed E-state index contributed by atoms with van der Waals surface area (Å²) >= 11 is 3.31. The Bertz CT molecular complexity index is 1170. The minimum atomic E-state index is -2.14. The van der Waals surface area contributed by atoms with Gasteiger partial charge in [0.1, 0.15) is 0 Å². The van der Waals surface area contributed by atoms with E-state index in [2.05, 4.69) is 111 Å². The molecule has 0 aliphatic carbocycles. The van der Waals surface area contributed by atoms with Crippen LogP contribution in [0.3, 0.4) is 0 Å². The normalized spacial score (nSPS) is 15.5. The molecule has 0 aromatic heterocycles. The number of benzene rings is 4. The summed E-state index contributed by atoms with van der Waals surface area (Å²) in [4.78, 5) is 0. The van der Waals surface area contributed by atoms with E-state index in [9.17, 15) is 0 Å². The van der Waals surface area contributed by atoms with Crippen LogP contribution in [-0.2, 0) is 0 Å². The van der Waals surface area contributed by atoms with E-state index in [4.69, 9.17) is 5.50 Å². The number of fused-ring (bicyclic) bond motifs is 7. The molecular formula is C22H20N3PSe. The molecule has 0 spiro atoms. The molecule has 0 saturated carbocycles. The molecule has 0 unspecified atom stereocenters. The van der Waals surface area contributed by atoms with Crippen molar-refractivity contribution < 1.29 is 0 Å². The van der Waals surface area contributed by atoms with Crippen molar-refractivity contribution in [1.82, 2.24) is 0 Å². The second-order valence-electron chi connectivity index (χ2n) is 7.00. The Morgan fingerprint density at radius 2 is 1.07 bits per heavy atom. The van der Waals surface area contributed by atoms with Crippen LogP contribution in [0.2, 0.25) is 0 Å². The number of nitrogens with two attached hydrogens (primary N) is 1. The van der Waals surface area contributed by atoms with Gasteiger partial charge in [-0.05, 0) is 0 Å². The first-order valence-corrected chi connectivity index (χ1v) is 12.9. The Morgan fingerprint density at radius 1 is 0.667 bits per heavy atom. The van der Waals surface area contributed by atoms with Gasteiger partial charge in [0.2, 0.25) is 0 Å². The number of hydrogen-bond acceptors (Lipinski definition) is 3. The van der Waals surface area contributed by atoms with Crippen molar-refractivity contribution in [3.05, 3.63) is 72.8 Å². The van der Waals surface area contributed by atoms with E-state index < -0.39 is 5.96 Å². The fourth-order valence-corrected chi connectivity index (χ4v) is 6.56. The molecule has 0 radical (unpaired) electrons. The number of rotatable bonds is 0. The molecule has 4 aromatic rings. The third kappa shape index (κ3) is 2.35. The number of hydrogen-bond donors (Lipinski definition) is 1. The van der Waals surface area contributed by atoms with Gasteiger partial charge < -0.3 is 0 Å². The SMILES string of the molecule is CN1c2ccc3ccccc3c2-c2c(ccc3ccccc23)N(C)P1(N)=[Se]. The Morgan fingerprint density at radius 3 is 1.52 bits per heavy atom. The average Bonchev–Trinajstić information content (AvgIpc) is 2.76. The molecular weight excluding hydrogens is 416 g/mol. The minimum absolute atomic E-state index is 1.17. The first-order valence-electron chi connectivity index (χ1n) is 8.91. The van der Waals surface area contributed by atoms with Crippen molar-refractivity contribution in [3.63, 3.8) is 0 Å². The summed E-state index contributed by atoms with van der Waals surface area (Å²) in [7, 11) is 4.20. The van der Waals surface area contributed by atoms with Crippen molar-refractivity contribution in [2.45, 2.75) is 0 Å². The van der Waals surface area contributed by atoms with Crippen LogP contribution in [0.25, 0.3) is 32.7 Å². The first-order chi connectivity index (χ1) is 13.0. The van der Waals surface area contributed by atoms with E-state index >= 15 is 0 Å². The maximum absolute atomic E-state index is 6.89. The van der Waals surface area contributed by atoms with E-state index in [1.807, 2.05) is 0 Å². The summed E-state index contributed by atoms with van der Waals surface area (Å²) in [5.74, 6) is -2.14. The Balaban J connectivity index is 2.07. The molecule has 5 heteroatoms.